The monoisotopic (exact) mass is 247 g/mol. The molecule has 4 fully saturated rings. The molecule has 0 atom stereocenters. The van der Waals surface area contributed by atoms with Gasteiger partial charge in [-0.05, 0) is 56.3 Å². The third-order valence-corrected chi connectivity index (χ3v) is 5.72. The van der Waals surface area contributed by atoms with Crippen LogP contribution < -0.4 is 11.4 Å². The predicted octanol–water partition coefficient (Wildman–Crippen LogP) is 1.76. The number of nitrogen functional groups attached to an aromatic ring is 1. The number of H-pyrrole nitrogens is 1. The zero-order chi connectivity index (χ0) is 12.5. The zero-order valence-electron chi connectivity index (χ0n) is 10.9. The molecule has 0 aromatic carbocycles. The maximum atomic E-state index is 11.8. The Morgan fingerprint density at radius 2 is 1.67 bits per heavy atom. The molecule has 1 aromatic rings. The first-order chi connectivity index (χ1) is 8.57. The normalized spacial score (nSPS) is 41.5. The number of anilines is 1. The van der Waals surface area contributed by atoms with E-state index in [1.165, 1.54) is 38.5 Å². The molecule has 1 heterocycles. The van der Waals surface area contributed by atoms with Crippen molar-refractivity contribution in [1.82, 2.24) is 9.55 Å². The minimum absolute atomic E-state index is 0.0572. The summed E-state index contributed by atoms with van der Waals surface area (Å²) >= 11 is 0. The summed E-state index contributed by atoms with van der Waals surface area (Å²) in [6.45, 7) is 0. The van der Waals surface area contributed by atoms with Crippen LogP contribution in [0, 0.1) is 17.8 Å². The van der Waals surface area contributed by atoms with Gasteiger partial charge in [0.05, 0.1) is 5.69 Å². The van der Waals surface area contributed by atoms with E-state index in [0.29, 0.717) is 5.82 Å². The number of hydrogen-bond acceptors (Lipinski definition) is 2. The maximum Gasteiger partial charge on any atom is 0.327 e. The Kier molecular flexibility index (Phi) is 1.92. The number of nitrogens with one attached hydrogen (secondary N) is 1. The van der Waals surface area contributed by atoms with Crippen LogP contribution in [0.1, 0.15) is 44.2 Å². The van der Waals surface area contributed by atoms with Gasteiger partial charge in [0, 0.05) is 12.5 Å². The molecule has 4 saturated carbocycles. The van der Waals surface area contributed by atoms with Crippen LogP contribution in [0.3, 0.4) is 0 Å². The van der Waals surface area contributed by atoms with Crippen LogP contribution in [0.4, 0.5) is 5.82 Å². The molecule has 4 bridgehead atoms. The van der Waals surface area contributed by atoms with Crippen molar-refractivity contribution in [2.24, 2.45) is 24.8 Å². The molecular weight excluding hydrogens is 226 g/mol. The Labute approximate surface area is 107 Å². The highest BCUT2D eigenvalue weighted by Gasteiger charge is 2.53. The van der Waals surface area contributed by atoms with E-state index < -0.39 is 0 Å². The number of aromatic amines is 1. The Balaban J connectivity index is 1.84. The van der Waals surface area contributed by atoms with Crippen molar-refractivity contribution < 1.29 is 0 Å². The van der Waals surface area contributed by atoms with E-state index in [1.807, 2.05) is 0 Å². The van der Waals surface area contributed by atoms with Crippen LogP contribution >= 0.6 is 0 Å². The van der Waals surface area contributed by atoms with E-state index in [0.717, 1.165) is 23.4 Å². The minimum atomic E-state index is -0.0572. The molecule has 4 aliphatic carbocycles. The number of imidazole rings is 1. The third-order valence-electron chi connectivity index (χ3n) is 5.72. The second kappa shape index (κ2) is 3.22. The highest BCUT2D eigenvalue weighted by atomic mass is 16.1. The molecular formula is C14H21N3O. The summed E-state index contributed by atoms with van der Waals surface area (Å²) < 4.78 is 1.56. The summed E-state index contributed by atoms with van der Waals surface area (Å²) in [5, 5.41) is 0. The van der Waals surface area contributed by atoms with Gasteiger partial charge in [-0.25, -0.2) is 4.79 Å². The van der Waals surface area contributed by atoms with Crippen molar-refractivity contribution in [2.75, 3.05) is 5.73 Å². The van der Waals surface area contributed by atoms with E-state index in [-0.39, 0.29) is 11.1 Å². The number of aromatic nitrogens is 2. The smallest absolute Gasteiger partial charge is 0.327 e. The molecule has 3 N–H and O–H groups in total. The van der Waals surface area contributed by atoms with Gasteiger partial charge in [-0.2, -0.15) is 0 Å². The molecule has 0 unspecified atom stereocenters. The summed E-state index contributed by atoms with van der Waals surface area (Å²) in [5.74, 6) is 3.29. The summed E-state index contributed by atoms with van der Waals surface area (Å²) in [7, 11) is 1.76. The Hall–Kier alpha value is -1.19. The van der Waals surface area contributed by atoms with E-state index >= 15 is 0 Å². The summed E-state index contributed by atoms with van der Waals surface area (Å²) in [6.07, 6.45) is 7.96. The molecule has 4 nitrogen and oxygen atoms in total. The molecule has 4 heteroatoms. The first kappa shape index (κ1) is 10.7. The minimum Gasteiger partial charge on any atom is -0.384 e. The number of nitrogens with zero attached hydrogens (tertiary/aromatic N) is 1. The SMILES string of the molecule is Cn1c(N)c(C23CC4CC(CC(C4)C2)C3)[nH]c1=O. The largest absolute Gasteiger partial charge is 0.384 e. The molecule has 5 rings (SSSR count). The van der Waals surface area contributed by atoms with E-state index in [4.69, 9.17) is 5.73 Å². The van der Waals surface area contributed by atoms with Crippen LogP contribution in [-0.2, 0) is 12.5 Å². The highest BCUT2D eigenvalue weighted by Crippen LogP contribution is 2.60. The third kappa shape index (κ3) is 1.24. The summed E-state index contributed by atoms with van der Waals surface area (Å²) in [4.78, 5) is 14.8. The molecule has 4 aliphatic rings. The van der Waals surface area contributed by atoms with Crippen molar-refractivity contribution in [3.05, 3.63) is 16.2 Å². The fourth-order valence-corrected chi connectivity index (χ4v) is 5.35. The average molecular weight is 247 g/mol. The van der Waals surface area contributed by atoms with Crippen LogP contribution in [0.5, 0.6) is 0 Å². The van der Waals surface area contributed by atoms with Crippen LogP contribution in [-0.4, -0.2) is 9.55 Å². The van der Waals surface area contributed by atoms with Gasteiger partial charge in [0.15, 0.2) is 0 Å². The quantitative estimate of drug-likeness (QED) is 0.794. The van der Waals surface area contributed by atoms with Gasteiger partial charge in [0.1, 0.15) is 5.82 Å². The number of rotatable bonds is 1. The zero-order valence-corrected chi connectivity index (χ0v) is 10.9. The van der Waals surface area contributed by atoms with Crippen molar-refractivity contribution >= 4 is 5.82 Å². The van der Waals surface area contributed by atoms with Crippen LogP contribution in [0.2, 0.25) is 0 Å². The van der Waals surface area contributed by atoms with Gasteiger partial charge in [-0.3, -0.25) is 4.57 Å². The maximum absolute atomic E-state index is 11.8. The van der Waals surface area contributed by atoms with Crippen molar-refractivity contribution in [3.8, 4) is 0 Å². The van der Waals surface area contributed by atoms with E-state index in [9.17, 15) is 4.79 Å². The summed E-state index contributed by atoms with van der Waals surface area (Å²) in [5.41, 5.74) is 7.34. The van der Waals surface area contributed by atoms with Gasteiger partial charge in [-0.15, -0.1) is 0 Å². The molecule has 0 amide bonds. The topological polar surface area (TPSA) is 63.8 Å². The first-order valence-electron chi connectivity index (χ1n) is 7.12. The second-order valence-electron chi connectivity index (χ2n) is 6.95. The Bertz CT molecular complexity index is 519. The fraction of sp³-hybridized carbons (Fsp3) is 0.786. The predicted molar refractivity (Wildman–Crippen MR) is 70.3 cm³/mol. The fourth-order valence-electron chi connectivity index (χ4n) is 5.35. The molecule has 0 aliphatic heterocycles. The lowest BCUT2D eigenvalue weighted by molar-refractivity contribution is -0.00671. The highest BCUT2D eigenvalue weighted by molar-refractivity contribution is 5.42. The lowest BCUT2D eigenvalue weighted by Crippen LogP contribution is -2.49. The van der Waals surface area contributed by atoms with Gasteiger partial charge < -0.3 is 10.7 Å². The molecule has 0 spiro atoms. The molecule has 0 radical (unpaired) electrons. The van der Waals surface area contributed by atoms with Crippen LogP contribution in [0.15, 0.2) is 4.79 Å². The van der Waals surface area contributed by atoms with Crippen LogP contribution in [0.25, 0.3) is 0 Å². The standard InChI is InChI=1S/C14H21N3O/c1-17-12(15)11(16-13(17)18)14-5-8-2-9(6-14)4-10(3-8)7-14/h8-10H,2-7,15H2,1H3,(H,16,18). The lowest BCUT2D eigenvalue weighted by Gasteiger charge is -2.56. The average Bonchev–Trinajstić information content (AvgIpc) is 2.56. The van der Waals surface area contributed by atoms with Gasteiger partial charge in [-0.1, -0.05) is 0 Å². The number of hydrogen-bond donors (Lipinski definition) is 2. The van der Waals surface area contributed by atoms with Crippen molar-refractivity contribution in [3.63, 3.8) is 0 Å². The first-order valence-corrected chi connectivity index (χ1v) is 7.12. The van der Waals surface area contributed by atoms with Gasteiger partial charge in [0.2, 0.25) is 0 Å². The molecule has 0 saturated heterocycles. The molecule has 18 heavy (non-hydrogen) atoms. The lowest BCUT2D eigenvalue weighted by atomic mass is 9.49. The molecule has 98 valence electrons. The van der Waals surface area contributed by atoms with Gasteiger partial charge in [0.25, 0.3) is 0 Å². The summed E-state index contributed by atoms with van der Waals surface area (Å²) in [6, 6.07) is 0. The number of nitrogens with two attached hydrogens (primary N) is 1. The van der Waals surface area contributed by atoms with E-state index in [2.05, 4.69) is 4.98 Å². The van der Waals surface area contributed by atoms with Crippen molar-refractivity contribution in [1.29, 1.82) is 0 Å². The van der Waals surface area contributed by atoms with E-state index in [1.54, 1.807) is 11.6 Å². The Morgan fingerprint density at radius 1 is 1.17 bits per heavy atom. The second-order valence-corrected chi connectivity index (χ2v) is 6.95. The Morgan fingerprint density at radius 3 is 2.06 bits per heavy atom. The molecule has 1 aromatic heterocycles. The van der Waals surface area contributed by atoms with Crippen molar-refractivity contribution in [2.45, 2.75) is 43.9 Å². The van der Waals surface area contributed by atoms with Gasteiger partial charge >= 0.3 is 5.69 Å².